The Kier molecular flexibility index (Phi) is 7.17. The predicted octanol–water partition coefficient (Wildman–Crippen LogP) is 1.88. The van der Waals surface area contributed by atoms with Crippen molar-refractivity contribution in [3.8, 4) is 5.75 Å². The molecule has 0 spiro atoms. The van der Waals surface area contributed by atoms with Crippen molar-refractivity contribution in [2.45, 2.75) is 11.8 Å². The van der Waals surface area contributed by atoms with E-state index in [1.807, 2.05) is 0 Å². The van der Waals surface area contributed by atoms with E-state index < -0.39 is 16.0 Å². The van der Waals surface area contributed by atoms with Crippen LogP contribution in [0.5, 0.6) is 5.75 Å². The molecule has 0 heterocycles. The quantitative estimate of drug-likeness (QED) is 0.525. The summed E-state index contributed by atoms with van der Waals surface area (Å²) in [6, 6.07) is 10.2. The number of hydrogen-bond acceptors (Lipinski definition) is 6. The number of sulfonamides is 1. The van der Waals surface area contributed by atoms with Crippen molar-refractivity contribution in [1.82, 2.24) is 0 Å². The van der Waals surface area contributed by atoms with Gasteiger partial charge in [-0.2, -0.15) is 0 Å². The van der Waals surface area contributed by atoms with Crippen LogP contribution in [0.25, 0.3) is 0 Å². The van der Waals surface area contributed by atoms with Gasteiger partial charge in [0.05, 0.1) is 30.3 Å². The second kappa shape index (κ2) is 9.36. The van der Waals surface area contributed by atoms with Crippen LogP contribution >= 0.6 is 0 Å². The number of aliphatic hydroxyl groups is 1. The zero-order valence-corrected chi connectivity index (χ0v) is 15.5. The Labute approximate surface area is 157 Å². The lowest BCUT2D eigenvalue weighted by Gasteiger charge is -2.12. The van der Waals surface area contributed by atoms with Crippen molar-refractivity contribution in [3.05, 3.63) is 53.6 Å². The van der Waals surface area contributed by atoms with Crippen LogP contribution < -0.4 is 9.46 Å². The average molecular weight is 395 g/mol. The van der Waals surface area contributed by atoms with Gasteiger partial charge in [0, 0.05) is 5.69 Å². The topological polar surface area (TPSA) is 122 Å². The molecular weight excluding hydrogens is 374 g/mol. The monoisotopic (exact) mass is 395 g/mol. The molecule has 3 N–H and O–H groups in total. The highest BCUT2D eigenvalue weighted by atomic mass is 32.2. The summed E-state index contributed by atoms with van der Waals surface area (Å²) < 4.78 is 38.1. The molecule has 0 saturated heterocycles. The number of nitrogens with one attached hydrogen (secondary N) is 1. The molecule has 2 aromatic carbocycles. The number of rotatable bonds is 10. The molecule has 0 unspecified atom stereocenters. The van der Waals surface area contributed by atoms with Crippen molar-refractivity contribution in [2.75, 3.05) is 31.1 Å². The van der Waals surface area contributed by atoms with Crippen LogP contribution in [0.2, 0.25) is 0 Å². The van der Waals surface area contributed by atoms with Crippen LogP contribution in [0, 0.1) is 6.92 Å². The second-order valence-electron chi connectivity index (χ2n) is 5.60. The largest absolute Gasteiger partial charge is 0.491 e. The Hall–Kier alpha value is -2.62. The lowest BCUT2D eigenvalue weighted by Crippen LogP contribution is -2.15. The van der Waals surface area contributed by atoms with Gasteiger partial charge < -0.3 is 19.7 Å². The van der Waals surface area contributed by atoms with Gasteiger partial charge in [0.2, 0.25) is 0 Å². The molecule has 0 amide bonds. The number of benzene rings is 2. The standard InChI is InChI=1S/C18H21NO7S/c1-13-2-3-14(18(21)22)12-17(13)27(23,24)19-15-4-6-16(7-5-15)26-11-10-25-9-8-20/h2-7,12,19-20H,8-11H2,1H3,(H,21,22). The smallest absolute Gasteiger partial charge is 0.335 e. The Morgan fingerprint density at radius 3 is 2.41 bits per heavy atom. The Balaban J connectivity index is 2.05. The summed E-state index contributed by atoms with van der Waals surface area (Å²) in [5.41, 5.74) is 0.655. The normalized spacial score (nSPS) is 11.2. The highest BCUT2D eigenvalue weighted by Gasteiger charge is 2.19. The van der Waals surface area contributed by atoms with Crippen LogP contribution in [0.1, 0.15) is 15.9 Å². The molecule has 9 heteroatoms. The molecule has 2 rings (SSSR count). The van der Waals surface area contributed by atoms with Crippen LogP contribution in [0.3, 0.4) is 0 Å². The van der Waals surface area contributed by atoms with Crippen molar-refractivity contribution in [1.29, 1.82) is 0 Å². The van der Waals surface area contributed by atoms with E-state index in [2.05, 4.69) is 4.72 Å². The number of carboxylic acids is 1. The third-order valence-corrected chi connectivity index (χ3v) is 5.09. The number of carbonyl (C=O) groups is 1. The van der Waals surface area contributed by atoms with E-state index in [-0.39, 0.29) is 23.7 Å². The van der Waals surface area contributed by atoms with Gasteiger partial charge in [-0.3, -0.25) is 4.72 Å². The number of aromatic carboxylic acids is 1. The molecule has 0 atom stereocenters. The molecule has 0 aliphatic rings. The van der Waals surface area contributed by atoms with Crippen molar-refractivity contribution in [3.63, 3.8) is 0 Å². The molecule has 0 saturated carbocycles. The van der Waals surface area contributed by atoms with Crippen molar-refractivity contribution >= 4 is 21.7 Å². The molecule has 0 aromatic heterocycles. The minimum atomic E-state index is -3.94. The Morgan fingerprint density at radius 2 is 1.78 bits per heavy atom. The number of aryl methyl sites for hydroxylation is 1. The summed E-state index contributed by atoms with van der Waals surface area (Å²) in [4.78, 5) is 11.0. The van der Waals surface area contributed by atoms with E-state index in [1.165, 1.54) is 24.3 Å². The number of ether oxygens (including phenoxy) is 2. The first-order valence-electron chi connectivity index (χ1n) is 8.12. The zero-order chi connectivity index (χ0) is 19.9. The van der Waals surface area contributed by atoms with Gasteiger partial charge in [0.15, 0.2) is 0 Å². The molecule has 0 aliphatic heterocycles. The van der Waals surface area contributed by atoms with Crippen LogP contribution in [0.15, 0.2) is 47.4 Å². The van der Waals surface area contributed by atoms with Gasteiger partial charge >= 0.3 is 5.97 Å². The summed E-state index contributed by atoms with van der Waals surface area (Å²) >= 11 is 0. The number of anilines is 1. The fraction of sp³-hybridized carbons (Fsp3) is 0.278. The summed E-state index contributed by atoms with van der Waals surface area (Å²) in [7, 11) is -3.94. The fourth-order valence-electron chi connectivity index (χ4n) is 2.24. The van der Waals surface area contributed by atoms with Crippen LogP contribution in [0.4, 0.5) is 5.69 Å². The molecular formula is C18H21NO7S. The second-order valence-corrected chi connectivity index (χ2v) is 7.25. The zero-order valence-electron chi connectivity index (χ0n) is 14.7. The van der Waals surface area contributed by atoms with Gasteiger partial charge in [-0.1, -0.05) is 6.07 Å². The Bertz CT molecular complexity index is 879. The number of hydrogen-bond donors (Lipinski definition) is 3. The first-order chi connectivity index (χ1) is 12.8. The van der Waals surface area contributed by atoms with Crippen LogP contribution in [-0.4, -0.2) is 51.0 Å². The predicted molar refractivity (Wildman–Crippen MR) is 98.8 cm³/mol. The molecule has 0 bridgehead atoms. The van der Waals surface area contributed by atoms with Gasteiger partial charge in [-0.15, -0.1) is 0 Å². The molecule has 0 fully saturated rings. The Morgan fingerprint density at radius 1 is 1.07 bits per heavy atom. The number of carboxylic acid groups (broad SMARTS) is 1. The minimum Gasteiger partial charge on any atom is -0.491 e. The van der Waals surface area contributed by atoms with Gasteiger partial charge in [0.1, 0.15) is 12.4 Å². The highest BCUT2D eigenvalue weighted by Crippen LogP contribution is 2.22. The summed E-state index contributed by atoms with van der Waals surface area (Å²) in [5.74, 6) is -0.662. The lowest BCUT2D eigenvalue weighted by molar-refractivity contribution is 0.0696. The third kappa shape index (κ3) is 5.95. The third-order valence-electron chi connectivity index (χ3n) is 3.56. The van der Waals surface area contributed by atoms with Crippen molar-refractivity contribution < 1.29 is 32.9 Å². The minimum absolute atomic E-state index is 0.0519. The first-order valence-corrected chi connectivity index (χ1v) is 9.60. The maximum absolute atomic E-state index is 12.6. The van der Waals surface area contributed by atoms with E-state index in [9.17, 15) is 13.2 Å². The summed E-state index contributed by atoms with van der Waals surface area (Å²) in [6.07, 6.45) is 0. The van der Waals surface area contributed by atoms with Gasteiger partial charge in [-0.25, -0.2) is 13.2 Å². The van der Waals surface area contributed by atoms with E-state index in [0.29, 0.717) is 30.2 Å². The lowest BCUT2D eigenvalue weighted by atomic mass is 10.1. The summed E-state index contributed by atoms with van der Waals surface area (Å²) in [5, 5.41) is 17.7. The van der Waals surface area contributed by atoms with Gasteiger partial charge in [0.25, 0.3) is 10.0 Å². The number of aliphatic hydroxyl groups excluding tert-OH is 1. The molecule has 146 valence electrons. The maximum Gasteiger partial charge on any atom is 0.335 e. The van der Waals surface area contributed by atoms with E-state index in [0.717, 1.165) is 6.07 Å². The first kappa shape index (κ1) is 20.7. The average Bonchev–Trinajstić information content (AvgIpc) is 2.62. The van der Waals surface area contributed by atoms with E-state index in [1.54, 1.807) is 19.1 Å². The van der Waals surface area contributed by atoms with Crippen LogP contribution in [-0.2, 0) is 14.8 Å². The van der Waals surface area contributed by atoms with E-state index >= 15 is 0 Å². The molecule has 27 heavy (non-hydrogen) atoms. The molecule has 0 aliphatic carbocycles. The SMILES string of the molecule is Cc1ccc(C(=O)O)cc1S(=O)(=O)Nc1ccc(OCCOCCO)cc1. The van der Waals surface area contributed by atoms with E-state index in [4.69, 9.17) is 19.7 Å². The molecule has 0 radical (unpaired) electrons. The molecule has 2 aromatic rings. The molecule has 8 nitrogen and oxygen atoms in total. The van der Waals surface area contributed by atoms with Crippen molar-refractivity contribution in [2.24, 2.45) is 0 Å². The fourth-order valence-corrected chi connectivity index (χ4v) is 3.57. The maximum atomic E-state index is 12.6. The highest BCUT2D eigenvalue weighted by molar-refractivity contribution is 7.92. The van der Waals surface area contributed by atoms with Gasteiger partial charge in [-0.05, 0) is 48.9 Å². The summed E-state index contributed by atoms with van der Waals surface area (Å²) in [6.45, 7) is 2.41.